The quantitative estimate of drug-likeness (QED) is 0.494. The van der Waals surface area contributed by atoms with Crippen molar-refractivity contribution in [1.29, 1.82) is 0 Å². The van der Waals surface area contributed by atoms with Gasteiger partial charge >= 0.3 is 0 Å². The summed E-state index contributed by atoms with van der Waals surface area (Å²) in [6.07, 6.45) is 1.96. The van der Waals surface area contributed by atoms with Crippen molar-refractivity contribution in [3.63, 3.8) is 0 Å². The highest BCUT2D eigenvalue weighted by molar-refractivity contribution is 7.89. The summed E-state index contributed by atoms with van der Waals surface area (Å²) in [4.78, 5) is 25.8. The standard InChI is InChI=1S/C15H18N2O4S/c1-10-3-6-12(7-4-10)22(20,21)17-16-9-13-14(18)8-5-11(2)15(13)19/h3-4,6-7,9,11,16-17H,5,8H2,1-2H3/b13-9-. The maximum Gasteiger partial charge on any atom is 0.257 e. The zero-order valence-corrected chi connectivity index (χ0v) is 13.2. The molecule has 0 bridgehead atoms. The SMILES string of the molecule is Cc1ccc(S(=O)(=O)NN/C=C2/C(=O)CCC(C)C2=O)cc1. The van der Waals surface area contributed by atoms with Crippen LogP contribution in [0.2, 0.25) is 0 Å². The highest BCUT2D eigenvalue weighted by atomic mass is 32.2. The lowest BCUT2D eigenvalue weighted by Gasteiger charge is -2.18. The summed E-state index contributed by atoms with van der Waals surface area (Å²) < 4.78 is 24.1. The molecular formula is C15H18N2O4S. The lowest BCUT2D eigenvalue weighted by molar-refractivity contribution is -0.126. The first kappa shape index (κ1) is 16.4. The van der Waals surface area contributed by atoms with Crippen LogP contribution < -0.4 is 10.3 Å². The molecule has 0 radical (unpaired) electrons. The fourth-order valence-corrected chi connectivity index (χ4v) is 2.95. The first-order valence-electron chi connectivity index (χ1n) is 6.93. The van der Waals surface area contributed by atoms with Crippen molar-refractivity contribution in [2.75, 3.05) is 0 Å². The van der Waals surface area contributed by atoms with Gasteiger partial charge in [0.1, 0.15) is 0 Å². The van der Waals surface area contributed by atoms with Gasteiger partial charge in [-0.3, -0.25) is 9.59 Å². The molecule has 7 heteroatoms. The number of carbonyl (C=O) groups excluding carboxylic acids is 2. The van der Waals surface area contributed by atoms with E-state index in [1.54, 1.807) is 19.1 Å². The van der Waals surface area contributed by atoms with Crippen LogP contribution in [0.1, 0.15) is 25.3 Å². The van der Waals surface area contributed by atoms with Crippen LogP contribution in [0, 0.1) is 12.8 Å². The average molecular weight is 322 g/mol. The highest BCUT2D eigenvalue weighted by Gasteiger charge is 2.29. The Bertz CT molecular complexity index is 720. The van der Waals surface area contributed by atoms with Crippen molar-refractivity contribution in [2.45, 2.75) is 31.6 Å². The van der Waals surface area contributed by atoms with Gasteiger partial charge < -0.3 is 5.43 Å². The fourth-order valence-electron chi connectivity index (χ4n) is 2.12. The van der Waals surface area contributed by atoms with E-state index in [4.69, 9.17) is 0 Å². The third-order valence-corrected chi connectivity index (χ3v) is 4.84. The Morgan fingerprint density at radius 3 is 2.45 bits per heavy atom. The molecule has 0 amide bonds. The number of nitrogens with one attached hydrogen (secondary N) is 2. The summed E-state index contributed by atoms with van der Waals surface area (Å²) in [6, 6.07) is 6.32. The molecule has 0 spiro atoms. The van der Waals surface area contributed by atoms with Crippen LogP contribution in [-0.2, 0) is 19.6 Å². The molecule has 1 aliphatic rings. The van der Waals surface area contributed by atoms with Gasteiger partial charge in [-0.05, 0) is 25.5 Å². The zero-order chi connectivity index (χ0) is 16.3. The van der Waals surface area contributed by atoms with E-state index >= 15 is 0 Å². The minimum absolute atomic E-state index is 0.00496. The summed E-state index contributed by atoms with van der Waals surface area (Å²) >= 11 is 0. The predicted molar refractivity (Wildman–Crippen MR) is 81.1 cm³/mol. The number of hydrogen-bond donors (Lipinski definition) is 2. The van der Waals surface area contributed by atoms with Crippen molar-refractivity contribution in [3.05, 3.63) is 41.6 Å². The van der Waals surface area contributed by atoms with E-state index in [9.17, 15) is 18.0 Å². The normalized spacial score (nSPS) is 21.2. The molecule has 22 heavy (non-hydrogen) atoms. The Balaban J connectivity index is 2.09. The van der Waals surface area contributed by atoms with Gasteiger partial charge in [0.25, 0.3) is 10.0 Å². The third kappa shape index (κ3) is 3.61. The molecule has 1 aromatic rings. The number of sulfonamides is 1. The van der Waals surface area contributed by atoms with Crippen molar-refractivity contribution < 1.29 is 18.0 Å². The van der Waals surface area contributed by atoms with E-state index in [1.807, 2.05) is 6.92 Å². The van der Waals surface area contributed by atoms with Crippen LogP contribution in [-0.4, -0.2) is 20.0 Å². The van der Waals surface area contributed by atoms with Gasteiger partial charge in [-0.25, -0.2) is 8.42 Å². The first-order chi connectivity index (χ1) is 10.3. The van der Waals surface area contributed by atoms with Gasteiger partial charge in [0.05, 0.1) is 10.5 Å². The molecule has 6 nitrogen and oxygen atoms in total. The van der Waals surface area contributed by atoms with Gasteiger partial charge in [-0.1, -0.05) is 24.6 Å². The number of Topliss-reactive ketones (excluding diaryl/α,β-unsaturated/α-hetero) is 2. The van der Waals surface area contributed by atoms with E-state index in [-0.39, 0.29) is 28.0 Å². The molecule has 0 aromatic heterocycles. The second-order valence-electron chi connectivity index (χ2n) is 5.35. The Hall–Kier alpha value is -1.99. The summed E-state index contributed by atoms with van der Waals surface area (Å²) in [6.45, 7) is 3.60. The zero-order valence-electron chi connectivity index (χ0n) is 12.4. The second kappa shape index (κ2) is 6.41. The number of hydrogen-bond acceptors (Lipinski definition) is 5. The number of rotatable bonds is 4. The van der Waals surface area contributed by atoms with E-state index in [0.29, 0.717) is 12.8 Å². The van der Waals surface area contributed by atoms with E-state index in [1.165, 1.54) is 12.1 Å². The number of aryl methyl sites for hydroxylation is 1. The van der Waals surface area contributed by atoms with Gasteiger partial charge in [-0.15, -0.1) is 4.83 Å². The molecule has 1 fully saturated rings. The maximum atomic E-state index is 12.0. The van der Waals surface area contributed by atoms with Crippen molar-refractivity contribution >= 4 is 21.6 Å². The van der Waals surface area contributed by atoms with Crippen LogP contribution in [0.3, 0.4) is 0 Å². The van der Waals surface area contributed by atoms with Gasteiger partial charge in [0.2, 0.25) is 0 Å². The van der Waals surface area contributed by atoms with E-state index in [0.717, 1.165) is 11.8 Å². The number of allylic oxidation sites excluding steroid dienone is 1. The number of ketones is 2. The van der Waals surface area contributed by atoms with E-state index in [2.05, 4.69) is 10.3 Å². The van der Waals surface area contributed by atoms with Crippen LogP contribution >= 0.6 is 0 Å². The molecule has 118 valence electrons. The molecule has 0 saturated heterocycles. The fraction of sp³-hybridized carbons (Fsp3) is 0.333. The van der Waals surface area contributed by atoms with E-state index < -0.39 is 10.0 Å². The molecule has 0 heterocycles. The largest absolute Gasteiger partial charge is 0.314 e. The minimum Gasteiger partial charge on any atom is -0.314 e. The number of carbonyl (C=O) groups is 2. The summed E-state index contributed by atoms with van der Waals surface area (Å²) in [5.74, 6) is -0.761. The highest BCUT2D eigenvalue weighted by Crippen LogP contribution is 2.21. The van der Waals surface area contributed by atoms with Crippen LogP contribution in [0.25, 0.3) is 0 Å². The minimum atomic E-state index is -3.75. The van der Waals surface area contributed by atoms with Gasteiger partial charge in [0, 0.05) is 18.5 Å². The lowest BCUT2D eigenvalue weighted by Crippen LogP contribution is -2.36. The Labute approximate surface area is 129 Å². The summed E-state index contributed by atoms with van der Waals surface area (Å²) in [5.41, 5.74) is 3.30. The van der Waals surface area contributed by atoms with Crippen LogP contribution in [0.5, 0.6) is 0 Å². The average Bonchev–Trinajstić information content (AvgIpc) is 2.47. The summed E-state index contributed by atoms with van der Waals surface area (Å²) in [7, 11) is -3.75. The van der Waals surface area contributed by atoms with Crippen molar-refractivity contribution in [3.8, 4) is 0 Å². The molecule has 1 saturated carbocycles. The number of hydrazine groups is 1. The molecule has 2 rings (SSSR count). The molecule has 1 atom stereocenters. The topological polar surface area (TPSA) is 92.3 Å². The second-order valence-corrected chi connectivity index (χ2v) is 7.03. The molecular weight excluding hydrogens is 304 g/mol. The molecule has 0 aliphatic heterocycles. The Morgan fingerprint density at radius 1 is 1.18 bits per heavy atom. The Kier molecular flexibility index (Phi) is 4.77. The molecule has 1 aromatic carbocycles. The maximum absolute atomic E-state index is 12.0. The lowest BCUT2D eigenvalue weighted by atomic mass is 9.85. The number of benzene rings is 1. The molecule has 1 aliphatic carbocycles. The van der Waals surface area contributed by atoms with Crippen LogP contribution in [0.15, 0.2) is 40.9 Å². The predicted octanol–water partition coefficient (Wildman–Crippen LogP) is 1.23. The smallest absolute Gasteiger partial charge is 0.257 e. The molecule has 2 N–H and O–H groups in total. The molecule has 1 unspecified atom stereocenters. The van der Waals surface area contributed by atoms with Gasteiger partial charge in [0.15, 0.2) is 11.6 Å². The van der Waals surface area contributed by atoms with Crippen molar-refractivity contribution in [2.24, 2.45) is 5.92 Å². The summed E-state index contributed by atoms with van der Waals surface area (Å²) in [5, 5.41) is 0. The van der Waals surface area contributed by atoms with Gasteiger partial charge in [-0.2, -0.15) is 0 Å². The monoisotopic (exact) mass is 322 g/mol. The van der Waals surface area contributed by atoms with Crippen LogP contribution in [0.4, 0.5) is 0 Å². The first-order valence-corrected chi connectivity index (χ1v) is 8.41. The van der Waals surface area contributed by atoms with Crippen molar-refractivity contribution in [1.82, 2.24) is 10.3 Å². The third-order valence-electron chi connectivity index (χ3n) is 3.56. The Morgan fingerprint density at radius 2 is 1.82 bits per heavy atom.